The van der Waals surface area contributed by atoms with Gasteiger partial charge in [-0.3, -0.25) is 4.79 Å². The molecule has 2 N–H and O–H groups in total. The number of methoxy groups -OCH3 is 2. The Kier molecular flexibility index (Phi) is 3.84. The molecule has 0 aromatic carbocycles. The van der Waals surface area contributed by atoms with E-state index in [1.54, 1.807) is 6.07 Å². The standard InChI is InChI=1S/C9H13N3O3/c1-14-8-5-9(15-2)12-7(11-8)4-3-6(10)13/h5H,3-4H2,1-2H3,(H2,10,13). The van der Waals surface area contributed by atoms with Gasteiger partial charge < -0.3 is 15.2 Å². The predicted octanol–water partition coefficient (Wildman–Crippen LogP) is -0.0883. The predicted molar refractivity (Wildman–Crippen MR) is 52.7 cm³/mol. The van der Waals surface area contributed by atoms with Gasteiger partial charge in [0.15, 0.2) is 0 Å². The van der Waals surface area contributed by atoms with Crippen LogP contribution in [0, 0.1) is 0 Å². The van der Waals surface area contributed by atoms with Crippen molar-refractivity contribution < 1.29 is 14.3 Å². The Hall–Kier alpha value is -1.85. The first-order chi connectivity index (χ1) is 7.15. The first-order valence-electron chi connectivity index (χ1n) is 4.40. The highest BCUT2D eigenvalue weighted by molar-refractivity contribution is 5.73. The van der Waals surface area contributed by atoms with Crippen molar-refractivity contribution >= 4 is 5.91 Å². The molecule has 1 rings (SSSR count). The maximum absolute atomic E-state index is 10.6. The van der Waals surface area contributed by atoms with E-state index in [-0.39, 0.29) is 12.3 Å². The van der Waals surface area contributed by atoms with Crippen LogP contribution in [-0.2, 0) is 11.2 Å². The molecule has 0 aliphatic rings. The van der Waals surface area contributed by atoms with Crippen molar-refractivity contribution in [3.8, 4) is 11.8 Å². The third kappa shape index (κ3) is 3.41. The zero-order valence-electron chi connectivity index (χ0n) is 8.69. The summed E-state index contributed by atoms with van der Waals surface area (Å²) in [5.74, 6) is 0.896. The fourth-order valence-corrected chi connectivity index (χ4v) is 1.01. The van der Waals surface area contributed by atoms with Crippen LogP contribution in [0.15, 0.2) is 6.07 Å². The van der Waals surface area contributed by atoms with Crippen LogP contribution in [0.3, 0.4) is 0 Å². The molecule has 6 nitrogen and oxygen atoms in total. The molecule has 0 aliphatic heterocycles. The molecule has 0 unspecified atom stereocenters. The normalized spacial score (nSPS) is 9.73. The number of aryl methyl sites for hydroxylation is 1. The zero-order valence-corrected chi connectivity index (χ0v) is 8.69. The number of carbonyl (C=O) groups is 1. The minimum absolute atomic E-state index is 0.205. The van der Waals surface area contributed by atoms with Crippen LogP contribution in [0.1, 0.15) is 12.2 Å². The quantitative estimate of drug-likeness (QED) is 0.735. The number of rotatable bonds is 5. The van der Waals surface area contributed by atoms with Gasteiger partial charge >= 0.3 is 0 Å². The lowest BCUT2D eigenvalue weighted by Crippen LogP contribution is -2.12. The van der Waals surface area contributed by atoms with Crippen molar-refractivity contribution in [2.75, 3.05) is 14.2 Å². The molecule has 0 saturated carbocycles. The molecule has 6 heteroatoms. The Bertz CT molecular complexity index is 332. The summed E-state index contributed by atoms with van der Waals surface area (Å²) < 4.78 is 9.91. The fraction of sp³-hybridized carbons (Fsp3) is 0.444. The number of hydrogen-bond acceptors (Lipinski definition) is 5. The highest BCUT2D eigenvalue weighted by atomic mass is 16.5. The molecule has 82 valence electrons. The molecule has 1 aromatic heterocycles. The second-order valence-corrected chi connectivity index (χ2v) is 2.84. The minimum atomic E-state index is -0.389. The summed E-state index contributed by atoms with van der Waals surface area (Å²) in [6.07, 6.45) is 0.583. The first-order valence-corrected chi connectivity index (χ1v) is 4.40. The summed E-state index contributed by atoms with van der Waals surface area (Å²) in [7, 11) is 3.00. The molecule has 1 aromatic rings. The largest absolute Gasteiger partial charge is 0.481 e. The van der Waals surface area contributed by atoms with Gasteiger partial charge in [0, 0.05) is 12.8 Å². The lowest BCUT2D eigenvalue weighted by Gasteiger charge is -2.05. The third-order valence-corrected chi connectivity index (χ3v) is 1.74. The van der Waals surface area contributed by atoms with E-state index in [9.17, 15) is 4.79 Å². The summed E-state index contributed by atoms with van der Waals surface area (Å²) in [5.41, 5.74) is 5.02. The molecule has 0 radical (unpaired) electrons. The van der Waals surface area contributed by atoms with Gasteiger partial charge in [0.1, 0.15) is 5.82 Å². The summed E-state index contributed by atoms with van der Waals surface area (Å²) in [5, 5.41) is 0. The Balaban J connectivity index is 2.81. The van der Waals surface area contributed by atoms with Gasteiger partial charge in [-0.2, -0.15) is 9.97 Å². The number of primary amides is 1. The summed E-state index contributed by atoms with van der Waals surface area (Å²) in [6.45, 7) is 0. The summed E-state index contributed by atoms with van der Waals surface area (Å²) >= 11 is 0. The SMILES string of the molecule is COc1cc(OC)nc(CCC(N)=O)n1. The topological polar surface area (TPSA) is 87.3 Å². The lowest BCUT2D eigenvalue weighted by molar-refractivity contribution is -0.118. The van der Waals surface area contributed by atoms with Crippen molar-refractivity contribution in [2.45, 2.75) is 12.8 Å². The van der Waals surface area contributed by atoms with Gasteiger partial charge in [-0.05, 0) is 0 Å². The number of nitrogens with zero attached hydrogens (tertiary/aromatic N) is 2. The molecular weight excluding hydrogens is 198 g/mol. The molecule has 1 heterocycles. The minimum Gasteiger partial charge on any atom is -0.481 e. The van der Waals surface area contributed by atoms with Gasteiger partial charge in [0.2, 0.25) is 17.7 Å². The van der Waals surface area contributed by atoms with E-state index in [2.05, 4.69) is 9.97 Å². The molecule has 1 amide bonds. The van der Waals surface area contributed by atoms with E-state index in [0.29, 0.717) is 24.0 Å². The van der Waals surface area contributed by atoms with Gasteiger partial charge in [-0.15, -0.1) is 0 Å². The Morgan fingerprint density at radius 3 is 2.27 bits per heavy atom. The van der Waals surface area contributed by atoms with Crippen molar-refractivity contribution in [1.82, 2.24) is 9.97 Å². The van der Waals surface area contributed by atoms with Crippen molar-refractivity contribution in [3.05, 3.63) is 11.9 Å². The van der Waals surface area contributed by atoms with E-state index in [0.717, 1.165) is 0 Å². The maximum atomic E-state index is 10.6. The van der Waals surface area contributed by atoms with Gasteiger partial charge in [-0.25, -0.2) is 0 Å². The molecule has 15 heavy (non-hydrogen) atoms. The van der Waals surface area contributed by atoms with Gasteiger partial charge in [0.25, 0.3) is 0 Å². The Labute approximate surface area is 87.4 Å². The summed E-state index contributed by atoms with van der Waals surface area (Å²) in [4.78, 5) is 18.7. The van der Waals surface area contributed by atoms with E-state index in [4.69, 9.17) is 15.2 Å². The molecular formula is C9H13N3O3. The fourth-order valence-electron chi connectivity index (χ4n) is 1.01. The second kappa shape index (κ2) is 5.14. The summed E-state index contributed by atoms with van der Waals surface area (Å²) in [6, 6.07) is 1.56. The van der Waals surface area contributed by atoms with E-state index in [1.807, 2.05) is 0 Å². The van der Waals surface area contributed by atoms with Gasteiger partial charge in [0.05, 0.1) is 20.3 Å². The number of ether oxygens (including phenoxy) is 2. The van der Waals surface area contributed by atoms with Gasteiger partial charge in [-0.1, -0.05) is 0 Å². The molecule has 0 saturated heterocycles. The zero-order chi connectivity index (χ0) is 11.3. The van der Waals surface area contributed by atoms with Crippen LogP contribution in [0.25, 0.3) is 0 Å². The maximum Gasteiger partial charge on any atom is 0.220 e. The molecule has 0 spiro atoms. The number of nitrogens with two attached hydrogens (primary N) is 1. The van der Waals surface area contributed by atoms with Crippen LogP contribution in [0.5, 0.6) is 11.8 Å². The first kappa shape index (κ1) is 11.2. The highest BCUT2D eigenvalue weighted by Crippen LogP contribution is 2.15. The third-order valence-electron chi connectivity index (χ3n) is 1.74. The second-order valence-electron chi connectivity index (χ2n) is 2.84. The van der Waals surface area contributed by atoms with E-state index in [1.165, 1.54) is 14.2 Å². The average Bonchev–Trinajstić information content (AvgIpc) is 2.25. The average molecular weight is 211 g/mol. The Morgan fingerprint density at radius 2 is 1.87 bits per heavy atom. The van der Waals surface area contributed by atoms with E-state index >= 15 is 0 Å². The van der Waals surface area contributed by atoms with Crippen LogP contribution in [0.2, 0.25) is 0 Å². The molecule has 0 fully saturated rings. The van der Waals surface area contributed by atoms with Crippen LogP contribution < -0.4 is 15.2 Å². The number of hydrogen-bond donors (Lipinski definition) is 1. The van der Waals surface area contributed by atoms with E-state index < -0.39 is 0 Å². The van der Waals surface area contributed by atoms with Crippen LogP contribution in [-0.4, -0.2) is 30.1 Å². The lowest BCUT2D eigenvalue weighted by atomic mass is 10.3. The number of aromatic nitrogens is 2. The number of amides is 1. The van der Waals surface area contributed by atoms with Crippen molar-refractivity contribution in [1.29, 1.82) is 0 Å². The van der Waals surface area contributed by atoms with Crippen LogP contribution >= 0.6 is 0 Å². The Morgan fingerprint density at radius 1 is 1.33 bits per heavy atom. The molecule has 0 bridgehead atoms. The molecule has 0 atom stereocenters. The smallest absolute Gasteiger partial charge is 0.220 e. The monoisotopic (exact) mass is 211 g/mol. The van der Waals surface area contributed by atoms with Crippen molar-refractivity contribution in [3.63, 3.8) is 0 Å². The molecule has 0 aliphatic carbocycles. The van der Waals surface area contributed by atoms with Crippen LogP contribution in [0.4, 0.5) is 0 Å². The number of carbonyl (C=O) groups excluding carboxylic acids is 1. The highest BCUT2D eigenvalue weighted by Gasteiger charge is 2.06. The van der Waals surface area contributed by atoms with Crippen molar-refractivity contribution in [2.24, 2.45) is 5.73 Å².